The van der Waals surface area contributed by atoms with Gasteiger partial charge < -0.3 is 5.32 Å². The van der Waals surface area contributed by atoms with Crippen LogP contribution in [0.2, 0.25) is 0 Å². The van der Waals surface area contributed by atoms with E-state index in [1.165, 1.54) is 28.8 Å². The molecule has 1 unspecified atom stereocenters. The molecule has 0 saturated heterocycles. The summed E-state index contributed by atoms with van der Waals surface area (Å²) < 4.78 is 13.1. The standard InChI is InChI=1S/C18H22FN/c1-4-13-6-7-16(12-14(13)5-2)18(20-3)15-8-10-17(19)11-9-15/h6-12,18,20H,4-5H2,1-3H3. The summed E-state index contributed by atoms with van der Waals surface area (Å²) in [6, 6.07) is 13.5. The van der Waals surface area contributed by atoms with Crippen LogP contribution in [0.25, 0.3) is 0 Å². The van der Waals surface area contributed by atoms with Gasteiger partial charge >= 0.3 is 0 Å². The molecule has 0 bridgehead atoms. The normalized spacial score (nSPS) is 12.4. The first-order chi connectivity index (χ1) is 9.69. The molecule has 0 aliphatic rings. The molecule has 0 fully saturated rings. The lowest BCUT2D eigenvalue weighted by atomic mass is 9.93. The fourth-order valence-electron chi connectivity index (χ4n) is 2.68. The predicted molar refractivity (Wildman–Crippen MR) is 82.5 cm³/mol. The maximum Gasteiger partial charge on any atom is 0.123 e. The van der Waals surface area contributed by atoms with Crippen LogP contribution in [0.5, 0.6) is 0 Å². The van der Waals surface area contributed by atoms with Crippen molar-refractivity contribution in [3.63, 3.8) is 0 Å². The van der Waals surface area contributed by atoms with Crippen molar-refractivity contribution in [1.82, 2.24) is 5.32 Å². The van der Waals surface area contributed by atoms with Crippen LogP contribution >= 0.6 is 0 Å². The highest BCUT2D eigenvalue weighted by molar-refractivity contribution is 5.38. The van der Waals surface area contributed by atoms with Gasteiger partial charge in [0.25, 0.3) is 0 Å². The molecule has 2 aromatic rings. The highest BCUT2D eigenvalue weighted by atomic mass is 19.1. The highest BCUT2D eigenvalue weighted by Crippen LogP contribution is 2.24. The molecule has 0 aromatic heterocycles. The van der Waals surface area contributed by atoms with Gasteiger partial charge in [-0.15, -0.1) is 0 Å². The minimum absolute atomic E-state index is 0.104. The van der Waals surface area contributed by atoms with E-state index in [-0.39, 0.29) is 11.9 Å². The number of hydrogen-bond donors (Lipinski definition) is 1. The van der Waals surface area contributed by atoms with Crippen LogP contribution < -0.4 is 5.32 Å². The zero-order valence-corrected chi connectivity index (χ0v) is 12.4. The molecule has 0 spiro atoms. The van der Waals surface area contributed by atoms with Crippen LogP contribution in [-0.2, 0) is 12.8 Å². The summed E-state index contributed by atoms with van der Waals surface area (Å²) in [5.74, 6) is -0.195. The highest BCUT2D eigenvalue weighted by Gasteiger charge is 2.13. The summed E-state index contributed by atoms with van der Waals surface area (Å²) in [5.41, 5.74) is 5.12. The van der Waals surface area contributed by atoms with Crippen LogP contribution in [0.3, 0.4) is 0 Å². The Bertz CT molecular complexity index is 560. The van der Waals surface area contributed by atoms with Crippen molar-refractivity contribution in [2.24, 2.45) is 0 Å². The van der Waals surface area contributed by atoms with Gasteiger partial charge in [0.15, 0.2) is 0 Å². The summed E-state index contributed by atoms with van der Waals surface area (Å²) in [6.07, 6.45) is 2.10. The molecule has 0 aliphatic heterocycles. The van der Waals surface area contributed by atoms with Gasteiger partial charge in [-0.05, 0) is 54.3 Å². The predicted octanol–water partition coefficient (Wildman–Crippen LogP) is 4.26. The minimum atomic E-state index is -0.195. The van der Waals surface area contributed by atoms with E-state index in [9.17, 15) is 4.39 Å². The van der Waals surface area contributed by atoms with E-state index < -0.39 is 0 Å². The van der Waals surface area contributed by atoms with Crippen molar-refractivity contribution in [3.05, 3.63) is 70.5 Å². The number of benzene rings is 2. The van der Waals surface area contributed by atoms with E-state index in [1.807, 2.05) is 19.2 Å². The van der Waals surface area contributed by atoms with Crippen LogP contribution in [0.1, 0.15) is 42.1 Å². The number of nitrogens with one attached hydrogen (secondary N) is 1. The van der Waals surface area contributed by atoms with Gasteiger partial charge in [0.05, 0.1) is 6.04 Å². The van der Waals surface area contributed by atoms with Crippen LogP contribution in [-0.4, -0.2) is 7.05 Å². The van der Waals surface area contributed by atoms with Crippen molar-refractivity contribution in [2.45, 2.75) is 32.7 Å². The number of rotatable bonds is 5. The Kier molecular flexibility index (Phi) is 4.91. The van der Waals surface area contributed by atoms with E-state index in [1.54, 1.807) is 0 Å². The SMILES string of the molecule is CCc1ccc(C(NC)c2ccc(F)cc2)cc1CC. The van der Waals surface area contributed by atoms with Gasteiger partial charge in [-0.3, -0.25) is 0 Å². The van der Waals surface area contributed by atoms with Crippen molar-refractivity contribution in [1.29, 1.82) is 0 Å². The molecule has 0 radical (unpaired) electrons. The number of halogens is 1. The van der Waals surface area contributed by atoms with Gasteiger partial charge in [-0.1, -0.05) is 44.2 Å². The second kappa shape index (κ2) is 6.67. The molecule has 106 valence electrons. The van der Waals surface area contributed by atoms with Crippen LogP contribution in [0.15, 0.2) is 42.5 Å². The molecule has 2 aromatic carbocycles. The zero-order chi connectivity index (χ0) is 14.5. The van der Waals surface area contributed by atoms with Gasteiger partial charge in [0.2, 0.25) is 0 Å². The summed E-state index contributed by atoms with van der Waals surface area (Å²) >= 11 is 0. The third kappa shape index (κ3) is 3.07. The second-order valence-corrected chi connectivity index (χ2v) is 5.01. The smallest absolute Gasteiger partial charge is 0.123 e. The lowest BCUT2D eigenvalue weighted by Crippen LogP contribution is -2.18. The van der Waals surface area contributed by atoms with Gasteiger partial charge in [-0.2, -0.15) is 0 Å². The van der Waals surface area contributed by atoms with Gasteiger partial charge in [-0.25, -0.2) is 4.39 Å². The molecule has 1 nitrogen and oxygen atoms in total. The monoisotopic (exact) mass is 271 g/mol. The quantitative estimate of drug-likeness (QED) is 0.856. The van der Waals surface area contributed by atoms with Crippen molar-refractivity contribution < 1.29 is 4.39 Å². The average Bonchev–Trinajstić information content (AvgIpc) is 2.49. The van der Waals surface area contributed by atoms with Crippen molar-refractivity contribution in [3.8, 4) is 0 Å². The Balaban J connectivity index is 2.39. The number of hydrogen-bond acceptors (Lipinski definition) is 1. The first-order valence-electron chi connectivity index (χ1n) is 7.24. The van der Waals surface area contributed by atoms with E-state index in [4.69, 9.17) is 0 Å². The molecule has 1 atom stereocenters. The zero-order valence-electron chi connectivity index (χ0n) is 12.4. The molecule has 20 heavy (non-hydrogen) atoms. The van der Waals surface area contributed by atoms with Crippen LogP contribution in [0, 0.1) is 5.82 Å². The average molecular weight is 271 g/mol. The van der Waals surface area contributed by atoms with Crippen molar-refractivity contribution >= 4 is 0 Å². The Morgan fingerprint density at radius 1 is 0.900 bits per heavy atom. The molecule has 1 N–H and O–H groups in total. The van der Waals surface area contributed by atoms with Gasteiger partial charge in [0.1, 0.15) is 5.82 Å². The fraction of sp³-hybridized carbons (Fsp3) is 0.333. The van der Waals surface area contributed by atoms with Crippen LogP contribution in [0.4, 0.5) is 4.39 Å². The first-order valence-corrected chi connectivity index (χ1v) is 7.24. The topological polar surface area (TPSA) is 12.0 Å². The molecular weight excluding hydrogens is 249 g/mol. The summed E-state index contributed by atoms with van der Waals surface area (Å²) in [5, 5.41) is 3.32. The largest absolute Gasteiger partial charge is 0.309 e. The Morgan fingerprint density at radius 3 is 2.05 bits per heavy atom. The maximum atomic E-state index is 13.1. The second-order valence-electron chi connectivity index (χ2n) is 5.01. The fourth-order valence-corrected chi connectivity index (χ4v) is 2.68. The Morgan fingerprint density at radius 2 is 1.50 bits per heavy atom. The maximum absolute atomic E-state index is 13.1. The number of aryl methyl sites for hydroxylation is 2. The Labute approximate surface area is 120 Å². The summed E-state index contributed by atoms with van der Waals surface area (Å²) in [4.78, 5) is 0. The molecular formula is C18H22FN. The van der Waals surface area contributed by atoms with E-state index in [0.29, 0.717) is 0 Å². The van der Waals surface area contributed by atoms with E-state index in [2.05, 4.69) is 37.4 Å². The third-order valence-corrected chi connectivity index (χ3v) is 3.82. The molecule has 2 rings (SSSR count). The first kappa shape index (κ1) is 14.7. The Hall–Kier alpha value is -1.67. The lowest BCUT2D eigenvalue weighted by Gasteiger charge is -2.19. The van der Waals surface area contributed by atoms with E-state index in [0.717, 1.165) is 18.4 Å². The molecule has 0 saturated carbocycles. The lowest BCUT2D eigenvalue weighted by molar-refractivity contribution is 0.623. The summed E-state index contributed by atoms with van der Waals surface area (Å²) in [6.45, 7) is 4.37. The molecule has 0 heterocycles. The van der Waals surface area contributed by atoms with E-state index >= 15 is 0 Å². The minimum Gasteiger partial charge on any atom is -0.309 e. The summed E-state index contributed by atoms with van der Waals surface area (Å²) in [7, 11) is 1.94. The molecule has 2 heteroatoms. The van der Waals surface area contributed by atoms with Gasteiger partial charge in [0, 0.05) is 0 Å². The van der Waals surface area contributed by atoms with Crippen molar-refractivity contribution in [2.75, 3.05) is 7.05 Å². The molecule has 0 aliphatic carbocycles. The molecule has 0 amide bonds. The third-order valence-electron chi connectivity index (χ3n) is 3.82.